The number of nitrogens with one attached hydrogen (secondary N) is 1. The van der Waals surface area contributed by atoms with E-state index in [2.05, 4.69) is 15.3 Å². The van der Waals surface area contributed by atoms with Crippen molar-refractivity contribution in [2.24, 2.45) is 5.16 Å². The van der Waals surface area contributed by atoms with Gasteiger partial charge in [-0.15, -0.1) is 0 Å². The lowest BCUT2D eigenvalue weighted by atomic mass is 9.99. The lowest BCUT2D eigenvalue weighted by molar-refractivity contribution is -0.141. The van der Waals surface area contributed by atoms with Gasteiger partial charge in [-0.1, -0.05) is 35.5 Å². The molecule has 2 aromatic carbocycles. The van der Waals surface area contributed by atoms with E-state index in [-0.39, 0.29) is 12.1 Å². The molecule has 0 spiro atoms. The smallest absolute Gasteiger partial charge is 0.326 e. The average Bonchev–Trinajstić information content (AvgIpc) is 2.73. The van der Waals surface area contributed by atoms with Crippen molar-refractivity contribution in [3.8, 4) is 22.6 Å². The number of nitrogens with zero attached hydrogens (tertiary/aromatic N) is 1. The minimum Gasteiger partial charge on any atom is -0.496 e. The van der Waals surface area contributed by atoms with E-state index < -0.39 is 17.9 Å². The molecule has 0 unspecified atom stereocenters. The lowest BCUT2D eigenvalue weighted by Crippen LogP contribution is -2.44. The molecule has 0 saturated carbocycles. The van der Waals surface area contributed by atoms with Crippen molar-refractivity contribution >= 4 is 17.6 Å². The predicted octanol–water partition coefficient (Wildman–Crippen LogP) is 2.50. The van der Waals surface area contributed by atoms with E-state index in [1.807, 2.05) is 30.3 Å². The maximum Gasteiger partial charge on any atom is 0.326 e. The highest BCUT2D eigenvalue weighted by atomic mass is 16.6. The summed E-state index contributed by atoms with van der Waals surface area (Å²) < 4.78 is 10.9. The molecule has 0 saturated heterocycles. The number of carbonyl (C=O) groups excluding carboxylic acids is 1. The number of rotatable bonds is 9. The van der Waals surface area contributed by atoms with Crippen LogP contribution in [-0.2, 0) is 20.8 Å². The molecule has 1 amide bonds. The molecular formula is C21H24N2O6. The summed E-state index contributed by atoms with van der Waals surface area (Å²) in [5.41, 5.74) is 2.45. The first-order valence-electron chi connectivity index (χ1n) is 8.83. The largest absolute Gasteiger partial charge is 0.496 e. The predicted molar refractivity (Wildman–Crippen MR) is 108 cm³/mol. The Bertz CT molecular complexity index is 870. The van der Waals surface area contributed by atoms with E-state index in [0.29, 0.717) is 11.5 Å². The van der Waals surface area contributed by atoms with Gasteiger partial charge in [0.25, 0.3) is 5.91 Å². The Morgan fingerprint density at radius 3 is 2.10 bits per heavy atom. The molecule has 154 valence electrons. The van der Waals surface area contributed by atoms with Crippen LogP contribution in [-0.4, -0.2) is 50.1 Å². The summed E-state index contributed by atoms with van der Waals surface area (Å²) in [6, 6.07) is 11.7. The second-order valence-corrected chi connectivity index (χ2v) is 6.16. The molecular weight excluding hydrogens is 376 g/mol. The molecule has 0 aromatic heterocycles. The van der Waals surface area contributed by atoms with Crippen molar-refractivity contribution in [2.75, 3.05) is 21.3 Å². The molecule has 29 heavy (non-hydrogen) atoms. The third-order valence-corrected chi connectivity index (χ3v) is 4.27. The molecule has 0 aliphatic carbocycles. The molecule has 0 fully saturated rings. The summed E-state index contributed by atoms with van der Waals surface area (Å²) in [7, 11) is 4.48. The van der Waals surface area contributed by atoms with Gasteiger partial charge in [0.15, 0.2) is 0 Å². The second-order valence-electron chi connectivity index (χ2n) is 6.16. The first-order chi connectivity index (χ1) is 13.9. The first-order valence-corrected chi connectivity index (χ1v) is 8.83. The molecule has 0 aliphatic heterocycles. The normalized spacial score (nSPS) is 12.1. The fourth-order valence-electron chi connectivity index (χ4n) is 2.82. The summed E-state index contributed by atoms with van der Waals surface area (Å²) in [6.07, 6.45) is 0.116. The maximum absolute atomic E-state index is 12.0. The van der Waals surface area contributed by atoms with Gasteiger partial charge < -0.3 is 24.7 Å². The minimum atomic E-state index is -1.14. The molecule has 0 heterocycles. The van der Waals surface area contributed by atoms with Gasteiger partial charge in [0.2, 0.25) is 0 Å². The van der Waals surface area contributed by atoms with Crippen LogP contribution in [0.2, 0.25) is 0 Å². The van der Waals surface area contributed by atoms with Crippen molar-refractivity contribution in [1.82, 2.24) is 5.32 Å². The van der Waals surface area contributed by atoms with Crippen molar-refractivity contribution in [2.45, 2.75) is 19.4 Å². The lowest BCUT2D eigenvalue weighted by Gasteiger charge is -2.16. The Morgan fingerprint density at radius 2 is 1.62 bits per heavy atom. The van der Waals surface area contributed by atoms with Crippen LogP contribution >= 0.6 is 0 Å². The van der Waals surface area contributed by atoms with Crippen LogP contribution in [0.1, 0.15) is 12.5 Å². The summed E-state index contributed by atoms with van der Waals surface area (Å²) in [5, 5.41) is 15.4. The Kier molecular flexibility index (Phi) is 7.59. The summed E-state index contributed by atoms with van der Waals surface area (Å²) >= 11 is 0. The highest BCUT2D eigenvalue weighted by Crippen LogP contribution is 2.38. The molecule has 1 atom stereocenters. The molecule has 8 heteroatoms. The highest BCUT2D eigenvalue weighted by molar-refractivity contribution is 6.38. The van der Waals surface area contributed by atoms with Crippen molar-refractivity contribution in [3.63, 3.8) is 0 Å². The number of carbonyl (C=O) groups is 2. The zero-order valence-corrected chi connectivity index (χ0v) is 16.8. The van der Waals surface area contributed by atoms with E-state index in [9.17, 15) is 14.7 Å². The number of carboxylic acids is 1. The monoisotopic (exact) mass is 400 g/mol. The number of oxime groups is 1. The second kappa shape index (κ2) is 10.1. The van der Waals surface area contributed by atoms with Crippen LogP contribution in [0.15, 0.2) is 47.6 Å². The van der Waals surface area contributed by atoms with Crippen LogP contribution in [0, 0.1) is 0 Å². The molecule has 0 radical (unpaired) electrons. The van der Waals surface area contributed by atoms with Crippen molar-refractivity contribution < 1.29 is 29.0 Å². The Hall–Kier alpha value is -3.55. The van der Waals surface area contributed by atoms with Crippen LogP contribution in [0.25, 0.3) is 11.1 Å². The number of amides is 1. The zero-order chi connectivity index (χ0) is 21.4. The molecule has 0 aliphatic rings. The molecule has 2 aromatic rings. The van der Waals surface area contributed by atoms with Gasteiger partial charge in [0.05, 0.1) is 19.8 Å². The first kappa shape index (κ1) is 21.7. The fourth-order valence-corrected chi connectivity index (χ4v) is 2.82. The minimum absolute atomic E-state index is 0.0392. The third kappa shape index (κ3) is 5.47. The van der Waals surface area contributed by atoms with Gasteiger partial charge in [0.1, 0.15) is 30.4 Å². The number of benzene rings is 2. The Morgan fingerprint density at radius 1 is 1.03 bits per heavy atom. The summed E-state index contributed by atoms with van der Waals surface area (Å²) in [4.78, 5) is 28.1. The summed E-state index contributed by atoms with van der Waals surface area (Å²) in [5.74, 6) is -0.407. The zero-order valence-electron chi connectivity index (χ0n) is 16.8. The summed E-state index contributed by atoms with van der Waals surface area (Å²) in [6.45, 7) is 1.44. The number of methoxy groups -OCH3 is 2. The molecule has 0 bridgehead atoms. The van der Waals surface area contributed by atoms with E-state index in [4.69, 9.17) is 9.47 Å². The van der Waals surface area contributed by atoms with Crippen LogP contribution in [0.3, 0.4) is 0 Å². The SMILES string of the molecule is CON=C(C)C(=O)N[C@@H](Cc1ccc(-c2c(OC)cccc2OC)cc1)C(=O)O. The molecule has 8 nitrogen and oxygen atoms in total. The molecule has 2 rings (SSSR count). The Labute approximate surface area is 169 Å². The van der Waals surface area contributed by atoms with Gasteiger partial charge in [-0.05, 0) is 30.2 Å². The maximum atomic E-state index is 12.0. The number of carboxylic acid groups (broad SMARTS) is 1. The number of hydrogen-bond donors (Lipinski definition) is 2. The van der Waals surface area contributed by atoms with Gasteiger partial charge in [-0.3, -0.25) is 4.79 Å². The van der Waals surface area contributed by atoms with Crippen molar-refractivity contribution in [3.05, 3.63) is 48.0 Å². The van der Waals surface area contributed by atoms with E-state index >= 15 is 0 Å². The quantitative estimate of drug-likeness (QED) is 0.495. The van der Waals surface area contributed by atoms with Gasteiger partial charge >= 0.3 is 5.97 Å². The average molecular weight is 400 g/mol. The van der Waals surface area contributed by atoms with Crippen molar-refractivity contribution in [1.29, 1.82) is 0 Å². The van der Waals surface area contributed by atoms with Crippen LogP contribution in [0.5, 0.6) is 11.5 Å². The van der Waals surface area contributed by atoms with Gasteiger partial charge in [-0.2, -0.15) is 0 Å². The third-order valence-electron chi connectivity index (χ3n) is 4.27. The van der Waals surface area contributed by atoms with E-state index in [1.165, 1.54) is 14.0 Å². The highest BCUT2D eigenvalue weighted by Gasteiger charge is 2.22. The van der Waals surface area contributed by atoms with E-state index in [1.54, 1.807) is 26.4 Å². The number of ether oxygens (including phenoxy) is 2. The van der Waals surface area contributed by atoms with Crippen LogP contribution < -0.4 is 14.8 Å². The topological polar surface area (TPSA) is 106 Å². The van der Waals surface area contributed by atoms with Gasteiger partial charge in [0, 0.05) is 6.42 Å². The Balaban J connectivity index is 2.22. The fraction of sp³-hybridized carbons (Fsp3) is 0.286. The molecule has 2 N–H and O–H groups in total. The number of aliphatic carboxylic acids is 1. The van der Waals surface area contributed by atoms with Gasteiger partial charge in [-0.25, -0.2) is 4.79 Å². The standard InChI is InChI=1S/C21H24N2O6/c1-13(23-29-4)20(24)22-16(21(25)26)12-14-8-10-15(11-9-14)19-17(27-2)6-5-7-18(19)28-3/h5-11,16H,12H2,1-4H3,(H,22,24)(H,25,26)/t16-/m0/s1. The van der Waals surface area contributed by atoms with E-state index in [0.717, 1.165) is 16.7 Å². The van der Waals surface area contributed by atoms with Crippen LogP contribution in [0.4, 0.5) is 0 Å². The number of hydrogen-bond acceptors (Lipinski definition) is 6.